The summed E-state index contributed by atoms with van der Waals surface area (Å²) < 4.78 is 11.1. The quantitative estimate of drug-likeness (QED) is 0.910. The van der Waals surface area contributed by atoms with Crippen LogP contribution in [0.2, 0.25) is 5.02 Å². The normalized spacial score (nSPS) is 27.8. The number of para-hydroxylation sites is 1. The van der Waals surface area contributed by atoms with Gasteiger partial charge in [0.2, 0.25) is 0 Å². The van der Waals surface area contributed by atoms with Crippen LogP contribution in [0, 0.1) is 18.8 Å². The van der Waals surface area contributed by atoms with E-state index >= 15 is 0 Å². The first-order valence-electron chi connectivity index (χ1n) is 8.57. The Hall–Kier alpha value is -1.69. The van der Waals surface area contributed by atoms with E-state index in [0.717, 1.165) is 24.1 Å². The van der Waals surface area contributed by atoms with Gasteiger partial charge in [0.25, 0.3) is 5.91 Å². The third-order valence-corrected chi connectivity index (χ3v) is 5.65. The molecular weight excluding hydrogens is 340 g/mol. The standard InChI is InChI=1S/C19H21ClN2O3/c1-10-8-13(11-4-3-5-15(20)17(11)21-10)19(23)22-16-12-6-7-25-18(12)14(16)9-24-2/h3-5,8,12,14,16,18H,6-7,9H2,1-2H3,(H,22,23)/t12-,14-,16-,18-/m1/s1. The molecule has 1 saturated carbocycles. The van der Waals surface area contributed by atoms with Crippen molar-refractivity contribution in [2.45, 2.75) is 25.5 Å². The molecule has 132 valence electrons. The highest BCUT2D eigenvalue weighted by atomic mass is 35.5. The molecule has 1 aliphatic carbocycles. The summed E-state index contributed by atoms with van der Waals surface area (Å²) >= 11 is 6.26. The Morgan fingerprint density at radius 3 is 3.12 bits per heavy atom. The number of fused-ring (bicyclic) bond motifs is 2. The van der Waals surface area contributed by atoms with E-state index in [0.29, 0.717) is 28.6 Å². The summed E-state index contributed by atoms with van der Waals surface area (Å²) in [4.78, 5) is 17.5. The molecule has 0 unspecified atom stereocenters. The molecule has 6 heteroatoms. The van der Waals surface area contributed by atoms with Gasteiger partial charge in [-0.15, -0.1) is 0 Å². The monoisotopic (exact) mass is 360 g/mol. The van der Waals surface area contributed by atoms with E-state index in [1.807, 2.05) is 25.1 Å². The highest BCUT2D eigenvalue weighted by Crippen LogP contribution is 2.44. The summed E-state index contributed by atoms with van der Waals surface area (Å²) in [6.45, 7) is 3.22. The summed E-state index contributed by atoms with van der Waals surface area (Å²) in [6, 6.07) is 7.43. The maximum atomic E-state index is 13.0. The molecule has 1 aromatic heterocycles. The topological polar surface area (TPSA) is 60.5 Å². The summed E-state index contributed by atoms with van der Waals surface area (Å²) in [6.07, 6.45) is 1.19. The predicted octanol–water partition coefficient (Wildman–Crippen LogP) is 2.98. The number of rotatable bonds is 4. The summed E-state index contributed by atoms with van der Waals surface area (Å²) in [5, 5.41) is 4.54. The fourth-order valence-electron chi connectivity index (χ4n) is 4.19. The van der Waals surface area contributed by atoms with Gasteiger partial charge in [0.05, 0.1) is 28.8 Å². The minimum atomic E-state index is -0.0887. The van der Waals surface area contributed by atoms with Gasteiger partial charge in [-0.1, -0.05) is 23.7 Å². The lowest BCUT2D eigenvalue weighted by atomic mass is 9.67. The first-order chi connectivity index (χ1) is 12.1. The third-order valence-electron chi connectivity index (χ3n) is 5.35. The van der Waals surface area contributed by atoms with Crippen LogP contribution in [0.15, 0.2) is 24.3 Å². The van der Waals surface area contributed by atoms with Crippen LogP contribution in [0.4, 0.5) is 0 Å². The minimum absolute atomic E-state index is 0.0858. The van der Waals surface area contributed by atoms with Gasteiger partial charge < -0.3 is 14.8 Å². The number of carbonyl (C=O) groups excluding carboxylic acids is 1. The van der Waals surface area contributed by atoms with Crippen molar-refractivity contribution in [3.63, 3.8) is 0 Å². The number of aryl methyl sites for hydroxylation is 1. The zero-order valence-electron chi connectivity index (χ0n) is 14.3. The molecule has 0 radical (unpaired) electrons. The molecule has 2 heterocycles. The number of nitrogens with one attached hydrogen (secondary N) is 1. The number of pyridine rings is 1. The largest absolute Gasteiger partial charge is 0.384 e. The van der Waals surface area contributed by atoms with Crippen molar-refractivity contribution in [1.29, 1.82) is 0 Å². The number of nitrogens with zero attached hydrogens (tertiary/aromatic N) is 1. The summed E-state index contributed by atoms with van der Waals surface area (Å²) in [7, 11) is 1.68. The maximum Gasteiger partial charge on any atom is 0.252 e. The fourth-order valence-corrected chi connectivity index (χ4v) is 4.41. The second kappa shape index (κ2) is 6.56. The number of aromatic nitrogens is 1. The summed E-state index contributed by atoms with van der Waals surface area (Å²) in [5.74, 6) is 0.496. The molecule has 1 aromatic carbocycles. The Balaban J connectivity index is 1.63. The van der Waals surface area contributed by atoms with Gasteiger partial charge in [-0.3, -0.25) is 9.78 Å². The van der Waals surface area contributed by atoms with Crippen molar-refractivity contribution in [2.75, 3.05) is 20.3 Å². The number of hydrogen-bond donors (Lipinski definition) is 1. The van der Waals surface area contributed by atoms with Gasteiger partial charge in [0, 0.05) is 42.7 Å². The van der Waals surface area contributed by atoms with E-state index in [1.54, 1.807) is 13.2 Å². The lowest BCUT2D eigenvalue weighted by Crippen LogP contribution is -2.62. The van der Waals surface area contributed by atoms with Gasteiger partial charge in [-0.2, -0.15) is 0 Å². The van der Waals surface area contributed by atoms with Crippen LogP contribution in [-0.2, 0) is 9.47 Å². The first kappa shape index (κ1) is 16.8. The van der Waals surface area contributed by atoms with Crippen molar-refractivity contribution in [1.82, 2.24) is 10.3 Å². The predicted molar refractivity (Wildman–Crippen MR) is 96.0 cm³/mol. The van der Waals surface area contributed by atoms with Crippen LogP contribution in [0.3, 0.4) is 0 Å². The molecule has 0 bridgehead atoms. The Morgan fingerprint density at radius 2 is 2.32 bits per heavy atom. The number of amides is 1. The summed E-state index contributed by atoms with van der Waals surface area (Å²) in [5.41, 5.74) is 2.05. The highest BCUT2D eigenvalue weighted by molar-refractivity contribution is 6.35. The minimum Gasteiger partial charge on any atom is -0.384 e. The van der Waals surface area contributed by atoms with Gasteiger partial charge in [0.15, 0.2) is 0 Å². The van der Waals surface area contributed by atoms with Crippen LogP contribution >= 0.6 is 11.6 Å². The zero-order chi connectivity index (χ0) is 17.6. The second-order valence-electron chi connectivity index (χ2n) is 6.85. The molecule has 0 spiro atoms. The van der Waals surface area contributed by atoms with Crippen LogP contribution in [-0.4, -0.2) is 43.4 Å². The van der Waals surface area contributed by atoms with E-state index < -0.39 is 0 Å². The molecule has 5 nitrogen and oxygen atoms in total. The number of ether oxygens (including phenoxy) is 2. The van der Waals surface area contributed by atoms with E-state index in [2.05, 4.69) is 10.3 Å². The van der Waals surface area contributed by atoms with Gasteiger partial charge in [0.1, 0.15) is 0 Å². The highest BCUT2D eigenvalue weighted by Gasteiger charge is 2.54. The second-order valence-corrected chi connectivity index (χ2v) is 7.26. The zero-order valence-corrected chi connectivity index (χ0v) is 15.0. The van der Waals surface area contributed by atoms with Crippen molar-refractivity contribution < 1.29 is 14.3 Å². The van der Waals surface area contributed by atoms with Crippen LogP contribution in [0.25, 0.3) is 10.9 Å². The Kier molecular flexibility index (Phi) is 4.40. The lowest BCUT2D eigenvalue weighted by Gasteiger charge is -2.47. The van der Waals surface area contributed by atoms with Crippen LogP contribution < -0.4 is 5.32 Å². The fraction of sp³-hybridized carbons (Fsp3) is 0.474. The number of carbonyl (C=O) groups is 1. The van der Waals surface area contributed by atoms with Crippen LogP contribution in [0.5, 0.6) is 0 Å². The molecule has 1 aliphatic heterocycles. The van der Waals surface area contributed by atoms with Crippen molar-refractivity contribution in [3.05, 3.63) is 40.5 Å². The third kappa shape index (κ3) is 2.80. The lowest BCUT2D eigenvalue weighted by molar-refractivity contribution is -0.0809. The van der Waals surface area contributed by atoms with Crippen molar-refractivity contribution >= 4 is 28.4 Å². The van der Waals surface area contributed by atoms with E-state index in [1.165, 1.54) is 0 Å². The van der Waals surface area contributed by atoms with Crippen molar-refractivity contribution in [3.8, 4) is 0 Å². The number of hydrogen-bond acceptors (Lipinski definition) is 4. The SMILES string of the molecule is COC[C@@H]1[C@H](NC(=O)c2cc(C)nc3c(Cl)cccc23)[C@H]2CCO[C@H]21. The molecule has 25 heavy (non-hydrogen) atoms. The molecule has 2 aromatic rings. The van der Waals surface area contributed by atoms with Gasteiger partial charge in [-0.05, 0) is 25.5 Å². The molecule has 4 rings (SSSR count). The molecular formula is C19H21ClN2O3. The average Bonchev–Trinajstić information content (AvgIpc) is 3.02. The molecule has 2 aliphatic rings. The number of halogens is 1. The number of methoxy groups -OCH3 is 1. The molecule has 2 fully saturated rings. The van der Waals surface area contributed by atoms with E-state index in [9.17, 15) is 4.79 Å². The average molecular weight is 361 g/mol. The first-order valence-corrected chi connectivity index (χ1v) is 8.95. The Bertz CT molecular complexity index is 826. The van der Waals surface area contributed by atoms with Crippen molar-refractivity contribution in [2.24, 2.45) is 11.8 Å². The number of benzene rings is 1. The van der Waals surface area contributed by atoms with E-state index in [-0.39, 0.29) is 24.0 Å². The molecule has 1 saturated heterocycles. The molecule has 1 N–H and O–H groups in total. The Labute approximate surface area is 151 Å². The van der Waals surface area contributed by atoms with E-state index in [4.69, 9.17) is 21.1 Å². The molecule has 4 atom stereocenters. The van der Waals surface area contributed by atoms with Crippen LogP contribution in [0.1, 0.15) is 22.5 Å². The molecule has 1 amide bonds. The van der Waals surface area contributed by atoms with Gasteiger partial charge >= 0.3 is 0 Å². The smallest absolute Gasteiger partial charge is 0.252 e. The maximum absolute atomic E-state index is 13.0. The Morgan fingerprint density at radius 1 is 1.48 bits per heavy atom. The van der Waals surface area contributed by atoms with Gasteiger partial charge in [-0.25, -0.2) is 0 Å².